The largest absolute Gasteiger partial charge is 0.324 e. The highest BCUT2D eigenvalue weighted by Crippen LogP contribution is 2.28. The molecular formula is C12H19Cl3N2O2S. The van der Waals surface area contributed by atoms with Gasteiger partial charge in [0.25, 0.3) is 0 Å². The lowest BCUT2D eigenvalue weighted by atomic mass is 9.95. The zero-order chi connectivity index (χ0) is 14.7. The van der Waals surface area contributed by atoms with Crippen molar-refractivity contribution >= 4 is 45.6 Å². The summed E-state index contributed by atoms with van der Waals surface area (Å²) in [6, 6.07) is 4.56. The van der Waals surface area contributed by atoms with Crippen LogP contribution in [0.15, 0.2) is 23.1 Å². The molecule has 0 radical (unpaired) electrons. The average molecular weight is 362 g/mol. The van der Waals surface area contributed by atoms with Gasteiger partial charge in [-0.3, -0.25) is 0 Å². The Kier molecular flexibility index (Phi) is 7.81. The van der Waals surface area contributed by atoms with Crippen LogP contribution in [0.2, 0.25) is 10.0 Å². The van der Waals surface area contributed by atoms with Crippen LogP contribution < -0.4 is 10.5 Å². The first-order chi connectivity index (χ1) is 8.75. The lowest BCUT2D eigenvalue weighted by Gasteiger charge is -2.26. The first kappa shape index (κ1) is 20.0. The monoisotopic (exact) mass is 360 g/mol. The second kappa shape index (κ2) is 7.82. The molecule has 20 heavy (non-hydrogen) atoms. The van der Waals surface area contributed by atoms with Crippen molar-refractivity contribution in [2.45, 2.75) is 37.1 Å². The molecule has 0 heterocycles. The van der Waals surface area contributed by atoms with E-state index in [1.165, 1.54) is 12.1 Å². The summed E-state index contributed by atoms with van der Waals surface area (Å²) in [7, 11) is -3.77. The first-order valence-corrected chi connectivity index (χ1v) is 8.22. The maximum absolute atomic E-state index is 12.2. The van der Waals surface area contributed by atoms with Gasteiger partial charge in [-0.15, -0.1) is 12.4 Å². The zero-order valence-corrected chi connectivity index (χ0v) is 14.5. The van der Waals surface area contributed by atoms with Crippen LogP contribution in [0.1, 0.15) is 26.7 Å². The van der Waals surface area contributed by atoms with Gasteiger partial charge in [-0.1, -0.05) is 43.1 Å². The number of hydrogen-bond acceptors (Lipinski definition) is 3. The molecule has 0 bridgehead atoms. The summed E-state index contributed by atoms with van der Waals surface area (Å²) in [6.07, 6.45) is 1.34. The smallest absolute Gasteiger partial charge is 0.243 e. The van der Waals surface area contributed by atoms with Crippen LogP contribution in [0.4, 0.5) is 0 Å². The SMILES string of the molecule is CCC(N)(CC)CNS(=O)(=O)c1c(Cl)cccc1Cl.Cl. The zero-order valence-electron chi connectivity index (χ0n) is 11.3. The summed E-state index contributed by atoms with van der Waals surface area (Å²) >= 11 is 11.8. The van der Waals surface area contributed by atoms with Gasteiger partial charge in [0.15, 0.2) is 0 Å². The van der Waals surface area contributed by atoms with Crippen LogP contribution >= 0.6 is 35.6 Å². The maximum atomic E-state index is 12.2. The molecule has 0 aliphatic rings. The molecule has 3 N–H and O–H groups in total. The van der Waals surface area contributed by atoms with Gasteiger partial charge in [0.2, 0.25) is 10.0 Å². The molecule has 0 aliphatic heterocycles. The van der Waals surface area contributed by atoms with Gasteiger partial charge in [0.05, 0.1) is 10.0 Å². The molecule has 0 atom stereocenters. The number of halogens is 3. The van der Waals surface area contributed by atoms with E-state index in [2.05, 4.69) is 4.72 Å². The third-order valence-corrected chi connectivity index (χ3v) is 5.57. The molecule has 8 heteroatoms. The van der Waals surface area contributed by atoms with E-state index in [1.807, 2.05) is 13.8 Å². The van der Waals surface area contributed by atoms with Gasteiger partial charge in [-0.25, -0.2) is 13.1 Å². The van der Waals surface area contributed by atoms with Crippen molar-refractivity contribution in [1.29, 1.82) is 0 Å². The molecule has 1 rings (SSSR count). The number of rotatable bonds is 6. The number of benzene rings is 1. The fourth-order valence-electron chi connectivity index (χ4n) is 1.55. The third-order valence-electron chi connectivity index (χ3n) is 3.21. The standard InChI is InChI=1S/C12H18Cl2N2O2S.ClH/c1-3-12(15,4-2)8-16-19(17,18)11-9(13)6-5-7-10(11)14;/h5-7,16H,3-4,8,15H2,1-2H3;1H. The molecule has 1 aromatic carbocycles. The Hall–Kier alpha value is -0.0400. The van der Waals surface area contributed by atoms with E-state index >= 15 is 0 Å². The molecule has 116 valence electrons. The van der Waals surface area contributed by atoms with Gasteiger partial charge in [0.1, 0.15) is 4.90 Å². The minimum absolute atomic E-state index is 0. The van der Waals surface area contributed by atoms with E-state index in [-0.39, 0.29) is 33.9 Å². The summed E-state index contributed by atoms with van der Waals surface area (Å²) in [4.78, 5) is -0.104. The highest BCUT2D eigenvalue weighted by molar-refractivity contribution is 7.89. The Labute approximate surface area is 136 Å². The van der Waals surface area contributed by atoms with Crippen LogP contribution in [-0.4, -0.2) is 20.5 Å². The average Bonchev–Trinajstić information content (AvgIpc) is 2.35. The number of sulfonamides is 1. The lowest BCUT2D eigenvalue weighted by molar-refractivity contribution is 0.392. The highest BCUT2D eigenvalue weighted by Gasteiger charge is 2.26. The van der Waals surface area contributed by atoms with E-state index in [0.717, 1.165) is 0 Å². The first-order valence-electron chi connectivity index (χ1n) is 5.98. The molecule has 0 saturated carbocycles. The molecule has 0 amide bonds. The summed E-state index contributed by atoms with van der Waals surface area (Å²) in [6.45, 7) is 3.98. The molecule has 0 aliphatic carbocycles. The highest BCUT2D eigenvalue weighted by atomic mass is 35.5. The van der Waals surface area contributed by atoms with Crippen LogP contribution in [0.5, 0.6) is 0 Å². The topological polar surface area (TPSA) is 72.2 Å². The van der Waals surface area contributed by atoms with Crippen LogP contribution in [0, 0.1) is 0 Å². The predicted octanol–water partition coefficient (Wildman–Crippen LogP) is 3.21. The van der Waals surface area contributed by atoms with E-state index in [1.54, 1.807) is 6.07 Å². The van der Waals surface area contributed by atoms with Crippen molar-refractivity contribution in [2.75, 3.05) is 6.54 Å². The Morgan fingerprint density at radius 2 is 1.65 bits per heavy atom. The molecule has 0 spiro atoms. The summed E-state index contributed by atoms with van der Waals surface area (Å²) in [5.74, 6) is 0. The van der Waals surface area contributed by atoms with Gasteiger partial charge >= 0.3 is 0 Å². The van der Waals surface area contributed by atoms with Crippen LogP contribution in [0.25, 0.3) is 0 Å². The van der Waals surface area contributed by atoms with Crippen molar-refractivity contribution in [1.82, 2.24) is 4.72 Å². The van der Waals surface area contributed by atoms with E-state index in [0.29, 0.717) is 12.8 Å². The summed E-state index contributed by atoms with van der Waals surface area (Å²) in [5.41, 5.74) is 5.50. The minimum atomic E-state index is -3.77. The molecule has 0 unspecified atom stereocenters. The van der Waals surface area contributed by atoms with Crippen LogP contribution in [0.3, 0.4) is 0 Å². The molecule has 1 aromatic rings. The Morgan fingerprint density at radius 3 is 2.05 bits per heavy atom. The maximum Gasteiger partial charge on any atom is 0.243 e. The Bertz CT molecular complexity index is 525. The van der Waals surface area contributed by atoms with Gasteiger partial charge < -0.3 is 5.73 Å². The van der Waals surface area contributed by atoms with Crippen molar-refractivity contribution < 1.29 is 8.42 Å². The molecular weight excluding hydrogens is 343 g/mol. The number of nitrogens with two attached hydrogens (primary N) is 1. The summed E-state index contributed by atoms with van der Waals surface area (Å²) in [5, 5.41) is 0.186. The fourth-order valence-corrected chi connectivity index (χ4v) is 3.83. The molecule has 0 aromatic heterocycles. The second-order valence-electron chi connectivity index (χ2n) is 4.44. The predicted molar refractivity (Wildman–Crippen MR) is 86.4 cm³/mol. The van der Waals surface area contributed by atoms with Crippen molar-refractivity contribution in [3.05, 3.63) is 28.2 Å². The quantitative estimate of drug-likeness (QED) is 0.817. The van der Waals surface area contributed by atoms with Gasteiger partial charge in [-0.05, 0) is 25.0 Å². The molecule has 0 fully saturated rings. The normalized spacial score (nSPS) is 12.1. The molecule has 0 saturated heterocycles. The number of hydrogen-bond donors (Lipinski definition) is 2. The van der Waals surface area contributed by atoms with Crippen LogP contribution in [-0.2, 0) is 10.0 Å². The van der Waals surface area contributed by atoms with Crippen molar-refractivity contribution in [3.8, 4) is 0 Å². The lowest BCUT2D eigenvalue weighted by Crippen LogP contribution is -2.49. The van der Waals surface area contributed by atoms with Gasteiger partial charge in [0, 0.05) is 12.1 Å². The Balaban J connectivity index is 0.00000361. The minimum Gasteiger partial charge on any atom is -0.324 e. The second-order valence-corrected chi connectivity index (χ2v) is 6.96. The van der Waals surface area contributed by atoms with E-state index in [4.69, 9.17) is 28.9 Å². The Morgan fingerprint density at radius 1 is 1.20 bits per heavy atom. The van der Waals surface area contributed by atoms with Crippen molar-refractivity contribution in [3.63, 3.8) is 0 Å². The third kappa shape index (κ3) is 4.76. The fraction of sp³-hybridized carbons (Fsp3) is 0.500. The van der Waals surface area contributed by atoms with Crippen molar-refractivity contribution in [2.24, 2.45) is 5.73 Å². The van der Waals surface area contributed by atoms with E-state index in [9.17, 15) is 8.42 Å². The van der Waals surface area contributed by atoms with Gasteiger partial charge in [-0.2, -0.15) is 0 Å². The summed E-state index contributed by atoms with van der Waals surface area (Å²) < 4.78 is 26.9. The molecule has 4 nitrogen and oxygen atoms in total. The number of nitrogens with one attached hydrogen (secondary N) is 1. The van der Waals surface area contributed by atoms with E-state index < -0.39 is 15.6 Å².